The zero-order chi connectivity index (χ0) is 18.1. The molecule has 2 aromatic rings. The molecule has 0 aliphatic heterocycles. The maximum atomic E-state index is 11.8. The fourth-order valence-electron chi connectivity index (χ4n) is 2.01. The van der Waals surface area contributed by atoms with Crippen molar-refractivity contribution in [2.24, 2.45) is 0 Å². The number of carbonyl (C=O) groups is 2. The Morgan fingerprint density at radius 2 is 1.60 bits per heavy atom. The molecule has 0 unspecified atom stereocenters. The van der Waals surface area contributed by atoms with E-state index < -0.39 is 0 Å². The summed E-state index contributed by atoms with van der Waals surface area (Å²) in [6, 6.07) is 14.1. The molecule has 2 aromatic carbocycles. The van der Waals surface area contributed by atoms with Gasteiger partial charge in [-0.3, -0.25) is 20.4 Å². The van der Waals surface area contributed by atoms with Gasteiger partial charge in [0.2, 0.25) is 11.8 Å². The molecule has 0 radical (unpaired) electrons. The van der Waals surface area contributed by atoms with Crippen LogP contribution in [-0.2, 0) is 16.0 Å². The molecule has 5 nitrogen and oxygen atoms in total. The number of amides is 2. The molecule has 0 atom stereocenters. The Morgan fingerprint density at radius 1 is 0.920 bits per heavy atom. The summed E-state index contributed by atoms with van der Waals surface area (Å²) in [5, 5.41) is 1.14. The maximum Gasteiger partial charge on any atom is 0.242 e. The Kier molecular flexibility index (Phi) is 7.57. The van der Waals surface area contributed by atoms with Crippen molar-refractivity contribution >= 4 is 35.0 Å². The van der Waals surface area contributed by atoms with Crippen LogP contribution in [0.5, 0.6) is 5.75 Å². The van der Waals surface area contributed by atoms with E-state index in [9.17, 15) is 9.59 Å². The standard InChI is InChI=1S/C18H18Cl2N2O3/c19-14-9-7-13(8-10-14)12-18(24)22-21-17(23)6-3-11-25-16-5-2-1-4-15(16)20/h1-2,4-5,7-10H,3,6,11-12H2,(H,21,23)(H,22,24). The molecular weight excluding hydrogens is 363 g/mol. The van der Waals surface area contributed by atoms with Gasteiger partial charge in [-0.1, -0.05) is 47.5 Å². The first-order chi connectivity index (χ1) is 12.0. The van der Waals surface area contributed by atoms with E-state index in [4.69, 9.17) is 27.9 Å². The molecule has 2 rings (SSSR count). The third kappa shape index (κ3) is 7.03. The highest BCUT2D eigenvalue weighted by Crippen LogP contribution is 2.23. The molecule has 7 heteroatoms. The van der Waals surface area contributed by atoms with E-state index in [-0.39, 0.29) is 24.7 Å². The van der Waals surface area contributed by atoms with Crippen molar-refractivity contribution in [3.8, 4) is 5.75 Å². The highest BCUT2D eigenvalue weighted by atomic mass is 35.5. The van der Waals surface area contributed by atoms with Gasteiger partial charge in [-0.25, -0.2) is 0 Å². The summed E-state index contributed by atoms with van der Waals surface area (Å²) in [4.78, 5) is 23.5. The van der Waals surface area contributed by atoms with Crippen molar-refractivity contribution in [2.75, 3.05) is 6.61 Å². The van der Waals surface area contributed by atoms with Gasteiger partial charge in [0.25, 0.3) is 0 Å². The third-order valence-corrected chi connectivity index (χ3v) is 3.83. The second-order valence-corrected chi connectivity index (χ2v) is 6.13. The van der Waals surface area contributed by atoms with Gasteiger partial charge in [-0.05, 0) is 36.2 Å². The molecule has 0 spiro atoms. The summed E-state index contributed by atoms with van der Waals surface area (Å²) < 4.78 is 5.49. The Balaban J connectivity index is 1.61. The van der Waals surface area contributed by atoms with E-state index in [0.717, 1.165) is 5.56 Å². The van der Waals surface area contributed by atoms with Crippen molar-refractivity contribution in [1.29, 1.82) is 0 Å². The SMILES string of the molecule is O=C(CCCOc1ccccc1Cl)NNC(=O)Cc1ccc(Cl)cc1. The van der Waals surface area contributed by atoms with Gasteiger partial charge >= 0.3 is 0 Å². The predicted octanol–water partition coefficient (Wildman–Crippen LogP) is 3.54. The van der Waals surface area contributed by atoms with Crippen LogP contribution < -0.4 is 15.6 Å². The molecular formula is C18H18Cl2N2O3. The van der Waals surface area contributed by atoms with E-state index in [1.54, 1.807) is 36.4 Å². The van der Waals surface area contributed by atoms with Crippen LogP contribution in [0.4, 0.5) is 0 Å². The lowest BCUT2D eigenvalue weighted by atomic mass is 10.1. The first-order valence-electron chi connectivity index (χ1n) is 7.74. The van der Waals surface area contributed by atoms with Crippen molar-refractivity contribution in [3.05, 3.63) is 64.1 Å². The average Bonchev–Trinajstić information content (AvgIpc) is 2.60. The molecule has 0 aliphatic carbocycles. The minimum atomic E-state index is -0.303. The highest BCUT2D eigenvalue weighted by Gasteiger charge is 2.06. The first kappa shape index (κ1) is 19.1. The van der Waals surface area contributed by atoms with E-state index in [1.807, 2.05) is 12.1 Å². The molecule has 0 saturated carbocycles. The molecule has 132 valence electrons. The van der Waals surface area contributed by atoms with E-state index >= 15 is 0 Å². The normalized spacial score (nSPS) is 10.2. The minimum absolute atomic E-state index is 0.160. The predicted molar refractivity (Wildman–Crippen MR) is 97.6 cm³/mol. The Morgan fingerprint density at radius 3 is 2.32 bits per heavy atom. The number of halogens is 2. The number of para-hydroxylation sites is 1. The summed E-state index contributed by atoms with van der Waals surface area (Å²) in [6.07, 6.45) is 0.892. The average molecular weight is 381 g/mol. The number of rotatable bonds is 7. The van der Waals surface area contributed by atoms with Gasteiger partial charge in [0, 0.05) is 11.4 Å². The van der Waals surface area contributed by atoms with Gasteiger partial charge in [-0.15, -0.1) is 0 Å². The van der Waals surface area contributed by atoms with Gasteiger partial charge < -0.3 is 4.74 Å². The van der Waals surface area contributed by atoms with Crippen molar-refractivity contribution in [3.63, 3.8) is 0 Å². The number of hydrogen-bond acceptors (Lipinski definition) is 3. The van der Waals surface area contributed by atoms with Crippen LogP contribution in [0.1, 0.15) is 18.4 Å². The maximum absolute atomic E-state index is 11.8. The molecule has 0 aromatic heterocycles. The van der Waals surface area contributed by atoms with Crippen LogP contribution >= 0.6 is 23.2 Å². The molecule has 2 N–H and O–H groups in total. The lowest BCUT2D eigenvalue weighted by Gasteiger charge is -2.09. The zero-order valence-corrected chi connectivity index (χ0v) is 14.9. The van der Waals surface area contributed by atoms with Crippen molar-refractivity contribution in [2.45, 2.75) is 19.3 Å². The lowest BCUT2D eigenvalue weighted by Crippen LogP contribution is -2.42. The second-order valence-electron chi connectivity index (χ2n) is 5.28. The molecule has 0 saturated heterocycles. The smallest absolute Gasteiger partial charge is 0.242 e. The van der Waals surface area contributed by atoms with Crippen LogP contribution in [0.15, 0.2) is 48.5 Å². The summed E-state index contributed by atoms with van der Waals surface area (Å²) in [5.41, 5.74) is 5.57. The summed E-state index contributed by atoms with van der Waals surface area (Å²) in [7, 11) is 0. The molecule has 25 heavy (non-hydrogen) atoms. The summed E-state index contributed by atoms with van der Waals surface area (Å²) >= 11 is 11.8. The lowest BCUT2D eigenvalue weighted by molar-refractivity contribution is -0.128. The zero-order valence-electron chi connectivity index (χ0n) is 13.4. The van der Waals surface area contributed by atoms with Gasteiger partial charge in [0.1, 0.15) is 5.75 Å². The Bertz CT molecular complexity index is 721. The number of ether oxygens (including phenoxy) is 1. The molecule has 0 heterocycles. The van der Waals surface area contributed by atoms with E-state index in [2.05, 4.69) is 10.9 Å². The summed E-state index contributed by atoms with van der Waals surface area (Å²) in [6.45, 7) is 0.357. The number of benzene rings is 2. The van der Waals surface area contributed by atoms with E-state index in [0.29, 0.717) is 28.8 Å². The van der Waals surface area contributed by atoms with Crippen molar-refractivity contribution in [1.82, 2.24) is 10.9 Å². The largest absolute Gasteiger partial charge is 0.492 e. The van der Waals surface area contributed by atoms with Gasteiger partial charge in [0.05, 0.1) is 18.1 Å². The fraction of sp³-hybridized carbons (Fsp3) is 0.222. The fourth-order valence-corrected chi connectivity index (χ4v) is 2.33. The number of nitrogens with one attached hydrogen (secondary N) is 2. The van der Waals surface area contributed by atoms with Crippen LogP contribution in [-0.4, -0.2) is 18.4 Å². The highest BCUT2D eigenvalue weighted by molar-refractivity contribution is 6.32. The van der Waals surface area contributed by atoms with Crippen LogP contribution in [0.2, 0.25) is 10.0 Å². The Hall–Kier alpha value is -2.24. The molecule has 2 amide bonds. The topological polar surface area (TPSA) is 67.4 Å². The van der Waals surface area contributed by atoms with Gasteiger partial charge in [0.15, 0.2) is 0 Å². The van der Waals surface area contributed by atoms with Crippen molar-refractivity contribution < 1.29 is 14.3 Å². The van der Waals surface area contributed by atoms with Crippen LogP contribution in [0.25, 0.3) is 0 Å². The van der Waals surface area contributed by atoms with Crippen LogP contribution in [0, 0.1) is 0 Å². The quantitative estimate of drug-likeness (QED) is 0.570. The number of hydrazine groups is 1. The molecule has 0 fully saturated rings. The molecule has 0 aliphatic rings. The number of hydrogen-bond donors (Lipinski definition) is 2. The minimum Gasteiger partial charge on any atom is -0.492 e. The Labute approximate surface area is 156 Å². The molecule has 0 bridgehead atoms. The van der Waals surface area contributed by atoms with E-state index in [1.165, 1.54) is 0 Å². The van der Waals surface area contributed by atoms with Gasteiger partial charge in [-0.2, -0.15) is 0 Å². The third-order valence-electron chi connectivity index (χ3n) is 3.26. The monoisotopic (exact) mass is 380 g/mol. The second kappa shape index (κ2) is 9.91. The number of carbonyl (C=O) groups excluding carboxylic acids is 2. The summed E-state index contributed by atoms with van der Waals surface area (Å²) in [5.74, 6) is -0.00366. The van der Waals surface area contributed by atoms with Crippen LogP contribution in [0.3, 0.4) is 0 Å². The first-order valence-corrected chi connectivity index (χ1v) is 8.49.